The van der Waals surface area contributed by atoms with Crippen molar-refractivity contribution < 1.29 is 14.5 Å². The van der Waals surface area contributed by atoms with Gasteiger partial charge in [-0.05, 0) is 74.0 Å². The normalized spacial score (nSPS) is 15.5. The highest BCUT2D eigenvalue weighted by Crippen LogP contribution is 2.19. The number of amides is 2. The maximum atomic E-state index is 12.9. The Hall–Kier alpha value is -2.91. The number of thioether (sulfide) groups is 1. The van der Waals surface area contributed by atoms with Crippen molar-refractivity contribution >= 4 is 35.0 Å². The maximum absolute atomic E-state index is 12.9. The SMILES string of the molecule is CSCCC(NC(=O)c1cccc([N+](=O)[O-])c1)C(=O)Nc1ccc(CN2CCC(C)CC2)cc1. The van der Waals surface area contributed by atoms with E-state index in [0.29, 0.717) is 17.9 Å². The van der Waals surface area contributed by atoms with E-state index in [-0.39, 0.29) is 17.2 Å². The molecule has 1 aliphatic heterocycles. The van der Waals surface area contributed by atoms with Crippen LogP contribution in [0.1, 0.15) is 42.1 Å². The summed E-state index contributed by atoms with van der Waals surface area (Å²) in [4.78, 5) is 38.5. The van der Waals surface area contributed by atoms with Crippen LogP contribution in [-0.2, 0) is 11.3 Å². The predicted molar refractivity (Wildman–Crippen MR) is 136 cm³/mol. The van der Waals surface area contributed by atoms with Crippen LogP contribution in [0, 0.1) is 16.0 Å². The van der Waals surface area contributed by atoms with Crippen molar-refractivity contribution in [2.75, 3.05) is 30.4 Å². The van der Waals surface area contributed by atoms with Crippen molar-refractivity contribution in [1.82, 2.24) is 10.2 Å². The van der Waals surface area contributed by atoms with Gasteiger partial charge in [0.25, 0.3) is 11.6 Å². The molecule has 0 aliphatic carbocycles. The van der Waals surface area contributed by atoms with Crippen molar-refractivity contribution in [3.8, 4) is 0 Å². The third-order valence-corrected chi connectivity index (χ3v) is 6.70. The Morgan fingerprint density at radius 1 is 1.18 bits per heavy atom. The van der Waals surface area contributed by atoms with Gasteiger partial charge in [0.05, 0.1) is 4.92 Å². The van der Waals surface area contributed by atoms with Crippen LogP contribution < -0.4 is 10.6 Å². The largest absolute Gasteiger partial charge is 0.340 e. The molecule has 1 saturated heterocycles. The molecule has 0 spiro atoms. The number of anilines is 1. The number of rotatable bonds is 10. The molecule has 2 N–H and O–H groups in total. The maximum Gasteiger partial charge on any atom is 0.270 e. The highest BCUT2D eigenvalue weighted by Gasteiger charge is 2.22. The Morgan fingerprint density at radius 2 is 1.88 bits per heavy atom. The third kappa shape index (κ3) is 7.56. The van der Waals surface area contributed by atoms with Crippen LogP contribution in [0.15, 0.2) is 48.5 Å². The Kier molecular flexibility index (Phi) is 9.47. The summed E-state index contributed by atoms with van der Waals surface area (Å²) in [6.45, 7) is 5.42. The van der Waals surface area contributed by atoms with Crippen LogP contribution in [0.25, 0.3) is 0 Å². The fourth-order valence-electron chi connectivity index (χ4n) is 3.91. The van der Waals surface area contributed by atoms with E-state index in [2.05, 4.69) is 22.5 Å². The second-order valence-corrected chi connectivity index (χ2v) is 9.75. The molecule has 0 saturated carbocycles. The summed E-state index contributed by atoms with van der Waals surface area (Å²) in [6, 6.07) is 12.5. The number of carbonyl (C=O) groups is 2. The van der Waals surface area contributed by atoms with Gasteiger partial charge in [0, 0.05) is 29.9 Å². The van der Waals surface area contributed by atoms with Gasteiger partial charge >= 0.3 is 0 Å². The summed E-state index contributed by atoms with van der Waals surface area (Å²) in [7, 11) is 0. The lowest BCUT2D eigenvalue weighted by Gasteiger charge is -2.30. The van der Waals surface area contributed by atoms with Crippen molar-refractivity contribution in [1.29, 1.82) is 0 Å². The van der Waals surface area contributed by atoms with E-state index in [9.17, 15) is 19.7 Å². The number of nitrogens with zero attached hydrogens (tertiary/aromatic N) is 2. The molecule has 0 aromatic heterocycles. The number of benzene rings is 2. The van der Waals surface area contributed by atoms with E-state index in [1.165, 1.54) is 42.7 Å². The number of piperidine rings is 1. The molecule has 2 aromatic rings. The van der Waals surface area contributed by atoms with Gasteiger partial charge in [-0.15, -0.1) is 0 Å². The summed E-state index contributed by atoms with van der Waals surface area (Å²) in [6.07, 6.45) is 4.83. The van der Waals surface area contributed by atoms with E-state index in [4.69, 9.17) is 0 Å². The molecule has 3 rings (SSSR count). The van der Waals surface area contributed by atoms with Gasteiger partial charge in [-0.3, -0.25) is 24.6 Å². The number of non-ortho nitro benzene ring substituents is 1. The predicted octanol–water partition coefficient (Wildman–Crippen LogP) is 4.32. The Balaban J connectivity index is 1.60. The van der Waals surface area contributed by atoms with Crippen molar-refractivity contribution in [2.45, 2.75) is 38.8 Å². The van der Waals surface area contributed by atoms with Gasteiger partial charge in [0.1, 0.15) is 6.04 Å². The summed E-state index contributed by atoms with van der Waals surface area (Å²) < 4.78 is 0. The average Bonchev–Trinajstić information content (AvgIpc) is 2.84. The molecule has 8 nitrogen and oxygen atoms in total. The lowest BCUT2D eigenvalue weighted by Crippen LogP contribution is -2.44. The number of hydrogen-bond donors (Lipinski definition) is 2. The minimum absolute atomic E-state index is 0.146. The topological polar surface area (TPSA) is 105 Å². The van der Waals surface area contributed by atoms with Crippen molar-refractivity contribution in [2.24, 2.45) is 5.92 Å². The lowest BCUT2D eigenvalue weighted by atomic mass is 9.99. The Labute approximate surface area is 204 Å². The van der Waals surface area contributed by atoms with E-state index < -0.39 is 16.9 Å². The number of nitro groups is 1. The quantitative estimate of drug-likeness (QED) is 0.384. The van der Waals surface area contributed by atoms with Gasteiger partial charge in [-0.1, -0.05) is 25.1 Å². The van der Waals surface area contributed by atoms with E-state index in [1.54, 1.807) is 11.8 Å². The molecule has 1 atom stereocenters. The summed E-state index contributed by atoms with van der Waals surface area (Å²) >= 11 is 1.58. The molecule has 9 heteroatoms. The summed E-state index contributed by atoms with van der Waals surface area (Å²) in [5, 5.41) is 16.6. The standard InChI is InChI=1S/C25H32N4O4S/c1-18-10-13-28(14-11-18)17-19-6-8-21(9-7-19)26-25(31)23(12-15-34-2)27-24(30)20-4-3-5-22(16-20)29(32)33/h3-9,16,18,23H,10-15,17H2,1-2H3,(H,26,31)(H,27,30). The molecule has 0 bridgehead atoms. The first kappa shape index (κ1) is 25.7. The minimum Gasteiger partial charge on any atom is -0.340 e. The lowest BCUT2D eigenvalue weighted by molar-refractivity contribution is -0.384. The molecule has 1 heterocycles. The monoisotopic (exact) mass is 484 g/mol. The number of likely N-dealkylation sites (tertiary alicyclic amines) is 1. The Bertz CT molecular complexity index is 991. The smallest absolute Gasteiger partial charge is 0.270 e. The number of carbonyl (C=O) groups excluding carboxylic acids is 2. The average molecular weight is 485 g/mol. The number of nitro benzene ring substituents is 1. The molecule has 2 aromatic carbocycles. The zero-order chi connectivity index (χ0) is 24.5. The number of hydrogen-bond acceptors (Lipinski definition) is 6. The molecule has 1 fully saturated rings. The van der Waals surface area contributed by atoms with Crippen molar-refractivity contribution in [3.05, 3.63) is 69.8 Å². The van der Waals surface area contributed by atoms with E-state index >= 15 is 0 Å². The fourth-order valence-corrected chi connectivity index (χ4v) is 4.38. The van der Waals surface area contributed by atoms with Crippen LogP contribution in [0.2, 0.25) is 0 Å². The third-order valence-electron chi connectivity index (χ3n) is 6.06. The highest BCUT2D eigenvalue weighted by atomic mass is 32.2. The highest BCUT2D eigenvalue weighted by molar-refractivity contribution is 7.98. The molecule has 1 aliphatic rings. The minimum atomic E-state index is -0.755. The van der Waals surface area contributed by atoms with Crippen LogP contribution in [0.3, 0.4) is 0 Å². The van der Waals surface area contributed by atoms with Gasteiger partial charge < -0.3 is 10.6 Å². The van der Waals surface area contributed by atoms with Gasteiger partial charge in [0.15, 0.2) is 0 Å². The van der Waals surface area contributed by atoms with Gasteiger partial charge in [0.2, 0.25) is 5.91 Å². The molecular weight excluding hydrogens is 452 g/mol. The molecule has 34 heavy (non-hydrogen) atoms. The van der Waals surface area contributed by atoms with E-state index in [1.807, 2.05) is 30.5 Å². The summed E-state index contributed by atoms with van der Waals surface area (Å²) in [5.41, 5.74) is 1.84. The van der Waals surface area contributed by atoms with Gasteiger partial charge in [-0.2, -0.15) is 11.8 Å². The zero-order valence-electron chi connectivity index (χ0n) is 19.7. The van der Waals surface area contributed by atoms with Crippen LogP contribution in [0.5, 0.6) is 0 Å². The molecule has 0 radical (unpaired) electrons. The molecular formula is C25H32N4O4S. The van der Waals surface area contributed by atoms with E-state index in [0.717, 1.165) is 25.6 Å². The zero-order valence-corrected chi connectivity index (χ0v) is 20.5. The summed E-state index contributed by atoms with van der Waals surface area (Å²) in [5.74, 6) is 0.646. The first-order chi connectivity index (χ1) is 16.4. The molecule has 182 valence electrons. The fraction of sp³-hybridized carbons (Fsp3) is 0.440. The van der Waals surface area contributed by atoms with Crippen LogP contribution in [0.4, 0.5) is 11.4 Å². The first-order valence-corrected chi connectivity index (χ1v) is 12.9. The number of nitrogens with one attached hydrogen (secondary N) is 2. The van der Waals surface area contributed by atoms with Gasteiger partial charge in [-0.25, -0.2) is 0 Å². The second-order valence-electron chi connectivity index (χ2n) is 8.76. The first-order valence-electron chi connectivity index (χ1n) is 11.5. The second kappa shape index (κ2) is 12.5. The van der Waals surface area contributed by atoms with Crippen molar-refractivity contribution in [3.63, 3.8) is 0 Å². The Morgan fingerprint density at radius 3 is 2.53 bits per heavy atom. The van der Waals surface area contributed by atoms with Crippen LogP contribution >= 0.6 is 11.8 Å². The van der Waals surface area contributed by atoms with Crippen LogP contribution in [-0.4, -0.2) is 52.8 Å². The molecule has 2 amide bonds. The molecule has 1 unspecified atom stereocenters.